The lowest BCUT2D eigenvalue weighted by Gasteiger charge is -2.40. The van der Waals surface area contributed by atoms with E-state index in [9.17, 15) is 4.79 Å². The Labute approximate surface area is 90.7 Å². The molecule has 0 saturated carbocycles. The Bertz CT molecular complexity index is 243. The molecule has 0 aliphatic carbocycles. The molecule has 1 heterocycles. The number of hydrogen-bond acceptors (Lipinski definition) is 4. The zero-order valence-corrected chi connectivity index (χ0v) is 9.69. The van der Waals surface area contributed by atoms with Crippen LogP contribution in [0.4, 0.5) is 0 Å². The summed E-state index contributed by atoms with van der Waals surface area (Å²) in [7, 11) is 0. The first-order valence-electron chi connectivity index (χ1n) is 5.27. The van der Waals surface area contributed by atoms with Gasteiger partial charge in [-0.05, 0) is 20.8 Å². The molecule has 0 spiro atoms. The highest BCUT2D eigenvalue weighted by Crippen LogP contribution is 2.14. The van der Waals surface area contributed by atoms with Gasteiger partial charge in [0, 0.05) is 19.1 Å². The molecule has 3 atom stereocenters. The zero-order valence-electron chi connectivity index (χ0n) is 9.69. The van der Waals surface area contributed by atoms with Crippen molar-refractivity contribution in [3.05, 3.63) is 0 Å². The highest BCUT2D eigenvalue weighted by molar-refractivity contribution is 5.84. The first-order valence-corrected chi connectivity index (χ1v) is 5.27. The van der Waals surface area contributed by atoms with Gasteiger partial charge in [0.2, 0.25) is 5.91 Å². The monoisotopic (exact) mass is 215 g/mol. The van der Waals surface area contributed by atoms with Crippen LogP contribution >= 0.6 is 0 Å². The van der Waals surface area contributed by atoms with Crippen LogP contribution in [0.2, 0.25) is 0 Å². The second kappa shape index (κ2) is 4.47. The number of nitrogens with zero attached hydrogens (tertiary/aromatic N) is 1. The van der Waals surface area contributed by atoms with Crippen molar-refractivity contribution in [2.45, 2.75) is 38.5 Å². The topological polar surface area (TPSA) is 81.6 Å². The van der Waals surface area contributed by atoms with Gasteiger partial charge < -0.3 is 16.2 Å². The lowest BCUT2D eigenvalue weighted by Crippen LogP contribution is -2.60. The van der Waals surface area contributed by atoms with Gasteiger partial charge in [0.15, 0.2) is 0 Å². The molecule has 1 fully saturated rings. The quantitative estimate of drug-likeness (QED) is 0.652. The van der Waals surface area contributed by atoms with Crippen molar-refractivity contribution >= 4 is 5.91 Å². The van der Waals surface area contributed by atoms with Crippen LogP contribution in [-0.2, 0) is 9.53 Å². The maximum Gasteiger partial charge on any atom is 0.238 e. The molecule has 1 aliphatic rings. The molecule has 3 unspecified atom stereocenters. The third-order valence-corrected chi connectivity index (χ3v) is 2.83. The summed E-state index contributed by atoms with van der Waals surface area (Å²) >= 11 is 0. The Morgan fingerprint density at radius 2 is 2.20 bits per heavy atom. The number of nitrogens with two attached hydrogens (primary N) is 2. The number of carbonyl (C=O) groups is 1. The second-order valence-corrected chi connectivity index (χ2v) is 4.70. The highest BCUT2D eigenvalue weighted by atomic mass is 16.5. The summed E-state index contributed by atoms with van der Waals surface area (Å²) in [5, 5.41) is 0. The van der Waals surface area contributed by atoms with E-state index in [1.54, 1.807) is 6.92 Å². The average Bonchev–Trinajstić information content (AvgIpc) is 2.10. The van der Waals surface area contributed by atoms with E-state index in [1.807, 2.05) is 6.92 Å². The first kappa shape index (κ1) is 12.4. The number of amides is 1. The molecule has 88 valence electrons. The minimum absolute atomic E-state index is 0.185. The molecule has 1 rings (SSSR count). The Hall–Kier alpha value is -0.650. The molecule has 0 aromatic heterocycles. The van der Waals surface area contributed by atoms with Crippen LogP contribution < -0.4 is 11.5 Å². The number of hydrogen-bond donors (Lipinski definition) is 2. The van der Waals surface area contributed by atoms with E-state index in [1.165, 1.54) is 0 Å². The average molecular weight is 215 g/mol. The van der Waals surface area contributed by atoms with E-state index in [4.69, 9.17) is 16.2 Å². The third kappa shape index (κ3) is 3.15. The van der Waals surface area contributed by atoms with Crippen molar-refractivity contribution in [2.75, 3.05) is 19.7 Å². The molecule has 5 heteroatoms. The number of rotatable bonds is 3. The largest absolute Gasteiger partial charge is 0.376 e. The SMILES string of the molecule is CC1CN(CC(C)(N)C(N)=O)C(C)CO1. The maximum atomic E-state index is 11.1. The van der Waals surface area contributed by atoms with E-state index in [2.05, 4.69) is 11.8 Å². The van der Waals surface area contributed by atoms with Gasteiger partial charge in [-0.2, -0.15) is 0 Å². The summed E-state index contributed by atoms with van der Waals surface area (Å²) in [5.41, 5.74) is 10.1. The van der Waals surface area contributed by atoms with Crippen molar-refractivity contribution in [1.82, 2.24) is 4.90 Å². The summed E-state index contributed by atoms with van der Waals surface area (Å²) in [6.45, 7) is 7.69. The van der Waals surface area contributed by atoms with E-state index in [0.717, 1.165) is 6.54 Å². The van der Waals surface area contributed by atoms with Gasteiger partial charge in [-0.25, -0.2) is 0 Å². The van der Waals surface area contributed by atoms with Crippen LogP contribution in [0.25, 0.3) is 0 Å². The Morgan fingerprint density at radius 1 is 1.60 bits per heavy atom. The summed E-state index contributed by atoms with van der Waals surface area (Å²) in [6, 6.07) is 0.281. The molecule has 0 bridgehead atoms. The predicted molar refractivity (Wildman–Crippen MR) is 58.2 cm³/mol. The molecular weight excluding hydrogens is 194 g/mol. The summed E-state index contributed by atoms with van der Waals surface area (Å²) in [4.78, 5) is 13.3. The molecule has 0 radical (unpaired) electrons. The van der Waals surface area contributed by atoms with Gasteiger partial charge in [-0.3, -0.25) is 9.69 Å². The van der Waals surface area contributed by atoms with Crippen LogP contribution in [0.3, 0.4) is 0 Å². The molecule has 15 heavy (non-hydrogen) atoms. The number of morpholine rings is 1. The fourth-order valence-electron chi connectivity index (χ4n) is 1.69. The molecular formula is C10H21N3O2. The lowest BCUT2D eigenvalue weighted by atomic mass is 10.0. The molecule has 4 N–H and O–H groups in total. The van der Waals surface area contributed by atoms with Gasteiger partial charge in [0.25, 0.3) is 0 Å². The molecule has 1 aliphatic heterocycles. The van der Waals surface area contributed by atoms with Gasteiger partial charge >= 0.3 is 0 Å². The van der Waals surface area contributed by atoms with E-state index >= 15 is 0 Å². The summed E-state index contributed by atoms with van der Waals surface area (Å²) < 4.78 is 5.50. The van der Waals surface area contributed by atoms with Crippen molar-refractivity contribution in [3.8, 4) is 0 Å². The minimum Gasteiger partial charge on any atom is -0.376 e. The fraction of sp³-hybridized carbons (Fsp3) is 0.900. The van der Waals surface area contributed by atoms with E-state index in [0.29, 0.717) is 13.2 Å². The first-order chi connectivity index (χ1) is 6.83. The summed E-state index contributed by atoms with van der Waals surface area (Å²) in [5.74, 6) is -0.464. The van der Waals surface area contributed by atoms with Crippen LogP contribution in [0.1, 0.15) is 20.8 Å². The molecule has 0 aromatic rings. The molecule has 1 saturated heterocycles. The van der Waals surface area contributed by atoms with Crippen molar-refractivity contribution in [3.63, 3.8) is 0 Å². The molecule has 5 nitrogen and oxygen atoms in total. The highest BCUT2D eigenvalue weighted by Gasteiger charge is 2.33. The van der Waals surface area contributed by atoms with Gasteiger partial charge in [0.05, 0.1) is 12.7 Å². The standard InChI is InChI=1S/C10H21N3O2/c1-7-5-15-8(2)4-13(7)6-10(3,12)9(11)14/h7-8H,4-6,12H2,1-3H3,(H2,11,14). The molecule has 0 aromatic carbocycles. The predicted octanol–water partition coefficient (Wildman–Crippen LogP) is -0.702. The lowest BCUT2D eigenvalue weighted by molar-refractivity contribution is -0.125. The number of carbonyl (C=O) groups excluding carboxylic acids is 1. The maximum absolute atomic E-state index is 11.1. The second-order valence-electron chi connectivity index (χ2n) is 4.70. The van der Waals surface area contributed by atoms with E-state index in [-0.39, 0.29) is 12.1 Å². The number of ether oxygens (including phenoxy) is 1. The minimum atomic E-state index is -0.967. The summed E-state index contributed by atoms with van der Waals surface area (Å²) in [6.07, 6.45) is 0.185. The van der Waals surface area contributed by atoms with Gasteiger partial charge in [0.1, 0.15) is 5.54 Å². The zero-order chi connectivity index (χ0) is 11.6. The van der Waals surface area contributed by atoms with Crippen molar-refractivity contribution < 1.29 is 9.53 Å². The van der Waals surface area contributed by atoms with Crippen molar-refractivity contribution in [2.24, 2.45) is 11.5 Å². The van der Waals surface area contributed by atoms with E-state index < -0.39 is 11.4 Å². The van der Waals surface area contributed by atoms with Crippen molar-refractivity contribution in [1.29, 1.82) is 0 Å². The Kier molecular flexibility index (Phi) is 3.70. The Balaban J connectivity index is 2.59. The van der Waals surface area contributed by atoms with Crippen LogP contribution in [-0.4, -0.2) is 48.2 Å². The smallest absolute Gasteiger partial charge is 0.238 e. The fourth-order valence-corrected chi connectivity index (χ4v) is 1.69. The van der Waals surface area contributed by atoms with Crippen LogP contribution in [0.15, 0.2) is 0 Å². The number of primary amides is 1. The van der Waals surface area contributed by atoms with Gasteiger partial charge in [-0.1, -0.05) is 0 Å². The van der Waals surface area contributed by atoms with Gasteiger partial charge in [-0.15, -0.1) is 0 Å². The molecule has 1 amide bonds. The van der Waals surface area contributed by atoms with Crippen LogP contribution in [0.5, 0.6) is 0 Å². The van der Waals surface area contributed by atoms with Crippen LogP contribution in [0, 0.1) is 0 Å². The normalized spacial score (nSPS) is 32.3. The Morgan fingerprint density at radius 3 is 2.73 bits per heavy atom. The third-order valence-electron chi connectivity index (χ3n) is 2.83.